The zero-order chi connectivity index (χ0) is 27.1. The van der Waals surface area contributed by atoms with Crippen molar-refractivity contribution < 1.29 is 4.79 Å². The Kier molecular flexibility index (Phi) is 5.97. The average Bonchev–Trinajstić information content (AvgIpc) is 3.62. The van der Waals surface area contributed by atoms with Crippen molar-refractivity contribution in [2.45, 2.75) is 12.8 Å². The Morgan fingerprint density at radius 1 is 1.00 bits per heavy atom. The van der Waals surface area contributed by atoms with Gasteiger partial charge in [0.05, 0.1) is 34.7 Å². The van der Waals surface area contributed by atoms with Crippen LogP contribution in [0.3, 0.4) is 0 Å². The second-order valence-corrected chi connectivity index (χ2v) is 10.1. The molecule has 0 radical (unpaired) electrons. The van der Waals surface area contributed by atoms with Crippen molar-refractivity contribution in [3.63, 3.8) is 0 Å². The first kappa shape index (κ1) is 24.0. The van der Waals surface area contributed by atoms with E-state index in [0.717, 1.165) is 64.7 Å². The summed E-state index contributed by atoms with van der Waals surface area (Å²) >= 11 is 0. The van der Waals surface area contributed by atoms with Crippen LogP contribution in [0.15, 0.2) is 67.5 Å². The number of rotatable bonds is 5. The van der Waals surface area contributed by atoms with Gasteiger partial charge in [-0.05, 0) is 57.2 Å². The van der Waals surface area contributed by atoms with Crippen LogP contribution in [0.1, 0.15) is 12.8 Å². The van der Waals surface area contributed by atoms with Gasteiger partial charge in [0.15, 0.2) is 11.5 Å². The number of fused-ring (bicyclic) bond motifs is 2. The van der Waals surface area contributed by atoms with Crippen molar-refractivity contribution in [1.82, 2.24) is 45.0 Å². The molecule has 11 heteroatoms. The lowest BCUT2D eigenvalue weighted by Gasteiger charge is -2.28. The monoisotopic (exact) mass is 530 g/mol. The molecule has 6 aromatic heterocycles. The number of likely N-dealkylation sites (tertiary alicyclic amines) is 1. The van der Waals surface area contributed by atoms with E-state index in [4.69, 9.17) is 4.98 Å². The minimum Gasteiger partial charge on any atom is -0.335 e. The topological polar surface area (TPSA) is 141 Å². The van der Waals surface area contributed by atoms with Gasteiger partial charge in [0.25, 0.3) is 0 Å². The molecule has 0 atom stereocenters. The van der Waals surface area contributed by atoms with E-state index in [9.17, 15) is 4.79 Å². The SMILES string of the molecule is CN1CCC(C(=O)Nc2cncc(-c3cnc4[nH]nc(-c5nc6c(-c7ccccn7)cncc6[nH]5)c4c3)c2)CC1. The third-order valence-corrected chi connectivity index (χ3v) is 7.40. The number of nitrogens with zero attached hydrogens (tertiary/aromatic N) is 7. The van der Waals surface area contributed by atoms with Gasteiger partial charge in [-0.25, -0.2) is 9.97 Å². The number of carbonyl (C=O) groups excluding carboxylic acids is 1. The molecule has 1 amide bonds. The molecule has 3 N–H and O–H groups in total. The van der Waals surface area contributed by atoms with Crippen molar-refractivity contribution >= 4 is 33.7 Å². The lowest BCUT2D eigenvalue weighted by Crippen LogP contribution is -2.35. The predicted molar refractivity (Wildman–Crippen MR) is 152 cm³/mol. The second kappa shape index (κ2) is 9.93. The molecule has 198 valence electrons. The Bertz CT molecular complexity index is 1840. The highest BCUT2D eigenvalue weighted by Gasteiger charge is 2.23. The number of imidazole rings is 1. The minimum atomic E-state index is 0.0172. The van der Waals surface area contributed by atoms with Crippen LogP contribution in [0.5, 0.6) is 0 Å². The van der Waals surface area contributed by atoms with Gasteiger partial charge >= 0.3 is 0 Å². The first-order valence-corrected chi connectivity index (χ1v) is 13.2. The molecule has 11 nitrogen and oxygen atoms in total. The molecule has 1 saturated heterocycles. The van der Waals surface area contributed by atoms with Gasteiger partial charge in [0, 0.05) is 47.4 Å². The van der Waals surface area contributed by atoms with Crippen LogP contribution in [-0.2, 0) is 4.79 Å². The Labute approximate surface area is 229 Å². The summed E-state index contributed by atoms with van der Waals surface area (Å²) in [5.41, 5.74) is 6.83. The van der Waals surface area contributed by atoms with Gasteiger partial charge in [-0.15, -0.1) is 0 Å². The molecule has 1 aliphatic rings. The number of hydrogen-bond acceptors (Lipinski definition) is 8. The maximum Gasteiger partial charge on any atom is 0.227 e. The molecule has 40 heavy (non-hydrogen) atoms. The summed E-state index contributed by atoms with van der Waals surface area (Å²) in [6.45, 7) is 1.86. The smallest absolute Gasteiger partial charge is 0.227 e. The van der Waals surface area contributed by atoms with Crippen LogP contribution in [0, 0.1) is 5.92 Å². The van der Waals surface area contributed by atoms with E-state index in [-0.39, 0.29) is 11.8 Å². The summed E-state index contributed by atoms with van der Waals surface area (Å²) in [5.74, 6) is 0.661. The standard InChI is InChI=1S/C29H26N10O/c1-39-8-5-17(6-9-39)29(40)34-20-10-18(12-30-14-20)19-11-21-26(37-38-27(21)33-13-19)28-35-24-16-31-15-22(25(24)36-28)23-4-2-3-7-32-23/h2-4,7,10-17H,5-6,8-9H2,1H3,(H,34,40)(H,35,36)(H,33,37,38). The first-order chi connectivity index (χ1) is 19.6. The summed E-state index contributed by atoms with van der Waals surface area (Å²) in [6.07, 6.45) is 12.2. The number of pyridine rings is 4. The Balaban J connectivity index is 1.20. The third-order valence-electron chi connectivity index (χ3n) is 7.40. The third kappa shape index (κ3) is 4.46. The molecule has 7 rings (SSSR count). The number of piperidine rings is 1. The largest absolute Gasteiger partial charge is 0.335 e. The van der Waals surface area contributed by atoms with Crippen LogP contribution >= 0.6 is 0 Å². The molecule has 6 aromatic rings. The summed E-state index contributed by atoms with van der Waals surface area (Å²) in [4.78, 5) is 41.1. The van der Waals surface area contributed by atoms with E-state index < -0.39 is 0 Å². The molecule has 0 spiro atoms. The van der Waals surface area contributed by atoms with E-state index in [2.05, 4.69) is 52.4 Å². The van der Waals surface area contributed by atoms with Gasteiger partial charge in [-0.1, -0.05) is 6.07 Å². The number of nitrogens with one attached hydrogen (secondary N) is 3. The average molecular weight is 531 g/mol. The number of H-pyrrole nitrogens is 2. The van der Waals surface area contributed by atoms with Crippen LogP contribution in [0.4, 0.5) is 5.69 Å². The van der Waals surface area contributed by atoms with Crippen molar-refractivity contribution in [1.29, 1.82) is 0 Å². The van der Waals surface area contributed by atoms with E-state index in [0.29, 0.717) is 22.9 Å². The van der Waals surface area contributed by atoms with Crippen LogP contribution in [0.25, 0.3) is 56.0 Å². The summed E-state index contributed by atoms with van der Waals surface area (Å²) in [5, 5.41) is 11.4. The van der Waals surface area contributed by atoms with Crippen LogP contribution in [0.2, 0.25) is 0 Å². The zero-order valence-corrected chi connectivity index (χ0v) is 21.8. The second-order valence-electron chi connectivity index (χ2n) is 10.1. The lowest BCUT2D eigenvalue weighted by atomic mass is 9.96. The fourth-order valence-corrected chi connectivity index (χ4v) is 5.18. The van der Waals surface area contributed by atoms with Crippen molar-refractivity contribution in [2.24, 2.45) is 5.92 Å². The fraction of sp³-hybridized carbons (Fsp3) is 0.207. The van der Waals surface area contributed by atoms with Crippen molar-refractivity contribution in [3.8, 4) is 33.9 Å². The molecule has 0 aliphatic carbocycles. The molecule has 1 aliphatic heterocycles. The van der Waals surface area contributed by atoms with E-state index in [1.54, 1.807) is 37.2 Å². The number of amides is 1. The molecule has 0 unspecified atom stereocenters. The Hall–Kier alpha value is -5.03. The predicted octanol–water partition coefficient (Wildman–Crippen LogP) is 4.30. The van der Waals surface area contributed by atoms with E-state index >= 15 is 0 Å². The van der Waals surface area contributed by atoms with Crippen LogP contribution < -0.4 is 5.32 Å². The highest BCUT2D eigenvalue weighted by Crippen LogP contribution is 2.32. The normalized spacial score (nSPS) is 14.6. The van der Waals surface area contributed by atoms with E-state index in [1.165, 1.54) is 0 Å². The summed E-state index contributed by atoms with van der Waals surface area (Å²) < 4.78 is 0. The quantitative estimate of drug-likeness (QED) is 0.300. The number of aromatic nitrogens is 8. The number of anilines is 1. The fourth-order valence-electron chi connectivity index (χ4n) is 5.18. The zero-order valence-electron chi connectivity index (χ0n) is 21.8. The number of carbonyl (C=O) groups is 1. The highest BCUT2D eigenvalue weighted by molar-refractivity contribution is 5.97. The first-order valence-electron chi connectivity index (χ1n) is 13.2. The molecule has 1 fully saturated rings. The molecular weight excluding hydrogens is 504 g/mol. The molecule has 0 saturated carbocycles. The maximum atomic E-state index is 12.9. The lowest BCUT2D eigenvalue weighted by molar-refractivity contribution is -0.121. The number of hydrogen-bond donors (Lipinski definition) is 3. The van der Waals surface area contributed by atoms with Crippen molar-refractivity contribution in [3.05, 3.63) is 67.5 Å². The van der Waals surface area contributed by atoms with Gasteiger partial charge in [0.2, 0.25) is 5.91 Å². The molecule has 0 bridgehead atoms. The molecular formula is C29H26N10O. The van der Waals surface area contributed by atoms with Gasteiger partial charge in [0.1, 0.15) is 11.2 Å². The summed E-state index contributed by atoms with van der Waals surface area (Å²) in [6, 6.07) is 9.68. The van der Waals surface area contributed by atoms with E-state index in [1.807, 2.05) is 30.3 Å². The van der Waals surface area contributed by atoms with Crippen molar-refractivity contribution in [2.75, 3.05) is 25.5 Å². The Morgan fingerprint density at radius 3 is 2.70 bits per heavy atom. The van der Waals surface area contributed by atoms with Gasteiger partial charge in [-0.3, -0.25) is 24.8 Å². The summed E-state index contributed by atoms with van der Waals surface area (Å²) in [7, 11) is 2.09. The molecule has 0 aromatic carbocycles. The maximum absolute atomic E-state index is 12.9. The minimum absolute atomic E-state index is 0.0172. The van der Waals surface area contributed by atoms with Gasteiger partial charge < -0.3 is 15.2 Å². The van der Waals surface area contributed by atoms with Gasteiger partial charge in [-0.2, -0.15) is 5.10 Å². The molecule has 7 heterocycles. The highest BCUT2D eigenvalue weighted by atomic mass is 16.1. The van der Waals surface area contributed by atoms with Crippen LogP contribution in [-0.4, -0.2) is 71.0 Å². The number of aromatic amines is 2. The Morgan fingerprint density at radius 2 is 1.85 bits per heavy atom.